The van der Waals surface area contributed by atoms with Crippen LogP contribution in [0, 0.1) is 0 Å². The van der Waals surface area contributed by atoms with Gasteiger partial charge in [-0.1, -0.05) is 29.1 Å². The van der Waals surface area contributed by atoms with Gasteiger partial charge >= 0.3 is 6.18 Å². The Morgan fingerprint density at radius 1 is 1.26 bits per heavy atom. The van der Waals surface area contributed by atoms with Crippen LogP contribution in [0.5, 0.6) is 0 Å². The van der Waals surface area contributed by atoms with E-state index in [1.807, 2.05) is 0 Å². The van der Waals surface area contributed by atoms with Gasteiger partial charge in [-0.15, -0.1) is 5.10 Å². The van der Waals surface area contributed by atoms with E-state index in [2.05, 4.69) is 25.3 Å². The van der Waals surface area contributed by atoms with E-state index in [0.717, 1.165) is 12.1 Å². The summed E-state index contributed by atoms with van der Waals surface area (Å²) in [6.07, 6.45) is -4.43. The van der Waals surface area contributed by atoms with Crippen molar-refractivity contribution in [2.75, 3.05) is 5.73 Å². The average molecular weight is 342 g/mol. The van der Waals surface area contributed by atoms with E-state index >= 15 is 0 Å². The van der Waals surface area contributed by atoms with Gasteiger partial charge in [-0.2, -0.15) is 23.1 Å². The molecule has 0 amide bonds. The van der Waals surface area contributed by atoms with E-state index in [4.69, 9.17) is 10.3 Å². The van der Waals surface area contributed by atoms with Crippen molar-refractivity contribution in [2.45, 2.75) is 17.1 Å². The normalized spacial score (nSPS) is 11.8. The van der Waals surface area contributed by atoms with Gasteiger partial charge in [-0.3, -0.25) is 0 Å². The van der Waals surface area contributed by atoms with Gasteiger partial charge in [0.05, 0.1) is 11.3 Å². The van der Waals surface area contributed by atoms with Crippen LogP contribution in [0.3, 0.4) is 0 Å². The van der Waals surface area contributed by atoms with Crippen molar-refractivity contribution in [3.63, 3.8) is 0 Å². The molecule has 1 aromatic carbocycles. The summed E-state index contributed by atoms with van der Waals surface area (Å²) in [4.78, 5) is 7.95. The smallest absolute Gasteiger partial charge is 0.368 e. The lowest BCUT2D eigenvalue weighted by molar-refractivity contribution is -0.137. The lowest BCUT2D eigenvalue weighted by Crippen LogP contribution is -2.04. The Morgan fingerprint density at radius 3 is 2.78 bits per heavy atom. The second kappa shape index (κ2) is 5.91. The van der Waals surface area contributed by atoms with Gasteiger partial charge in [0.25, 0.3) is 0 Å². The Balaban J connectivity index is 1.74. The second-order valence-corrected chi connectivity index (χ2v) is 5.32. The van der Waals surface area contributed by atoms with Gasteiger partial charge < -0.3 is 10.3 Å². The molecule has 0 radical (unpaired) electrons. The van der Waals surface area contributed by atoms with Crippen LogP contribution < -0.4 is 5.73 Å². The van der Waals surface area contributed by atoms with E-state index in [9.17, 15) is 13.2 Å². The molecule has 0 saturated carbocycles. The van der Waals surface area contributed by atoms with Crippen LogP contribution in [0.15, 0.2) is 33.9 Å². The number of alkyl halides is 3. The van der Waals surface area contributed by atoms with Crippen molar-refractivity contribution in [1.29, 1.82) is 0 Å². The van der Waals surface area contributed by atoms with Crippen LogP contribution >= 0.6 is 11.8 Å². The zero-order valence-electron chi connectivity index (χ0n) is 11.3. The predicted octanol–water partition coefficient (Wildman–Crippen LogP) is 2.75. The molecule has 23 heavy (non-hydrogen) atoms. The third kappa shape index (κ3) is 3.62. The topological polar surface area (TPSA) is 107 Å². The summed E-state index contributed by atoms with van der Waals surface area (Å²) in [5, 5.41) is 10.4. The molecule has 2 aromatic heterocycles. The standard InChI is InChI=1S/C12H9F3N6OS/c13-12(14,15)7-3-1-2-6(4-7)9-17-8(22-21-9)5-23-11-18-10(16)19-20-11/h1-4H,5H2,(H3,16,18,19,20). The van der Waals surface area contributed by atoms with Crippen LogP contribution in [0.2, 0.25) is 0 Å². The first kappa shape index (κ1) is 15.3. The molecule has 3 rings (SSSR count). The van der Waals surface area contributed by atoms with Gasteiger partial charge in [0.1, 0.15) is 0 Å². The number of aromatic amines is 1. The molecule has 3 aromatic rings. The van der Waals surface area contributed by atoms with Gasteiger partial charge in [0.2, 0.25) is 22.8 Å². The highest BCUT2D eigenvalue weighted by Gasteiger charge is 2.30. The lowest BCUT2D eigenvalue weighted by Gasteiger charge is -2.06. The first-order chi connectivity index (χ1) is 10.9. The third-order valence-electron chi connectivity index (χ3n) is 2.72. The van der Waals surface area contributed by atoms with Gasteiger partial charge in [0, 0.05) is 5.56 Å². The number of hydrogen-bond acceptors (Lipinski definition) is 7. The zero-order chi connectivity index (χ0) is 16.4. The van der Waals surface area contributed by atoms with E-state index in [1.165, 1.54) is 23.9 Å². The molecule has 0 spiro atoms. The van der Waals surface area contributed by atoms with Crippen LogP contribution in [-0.2, 0) is 11.9 Å². The van der Waals surface area contributed by atoms with Crippen LogP contribution in [0.4, 0.5) is 19.1 Å². The number of hydrogen-bond donors (Lipinski definition) is 2. The highest BCUT2D eigenvalue weighted by molar-refractivity contribution is 7.98. The first-order valence-electron chi connectivity index (χ1n) is 6.23. The van der Waals surface area contributed by atoms with E-state index in [1.54, 1.807) is 0 Å². The molecule has 120 valence electrons. The van der Waals surface area contributed by atoms with Crippen molar-refractivity contribution in [3.8, 4) is 11.4 Å². The number of nitrogen functional groups attached to an aromatic ring is 1. The quantitative estimate of drug-likeness (QED) is 0.702. The molecule has 0 aliphatic heterocycles. The molecule has 11 heteroatoms. The summed E-state index contributed by atoms with van der Waals surface area (Å²) in [5.74, 6) is 0.776. The first-order valence-corrected chi connectivity index (χ1v) is 7.21. The Hall–Kier alpha value is -2.56. The highest BCUT2D eigenvalue weighted by Crippen LogP contribution is 2.31. The number of nitrogens with one attached hydrogen (secondary N) is 1. The number of thioether (sulfide) groups is 1. The van der Waals surface area contributed by atoms with Crippen molar-refractivity contribution >= 4 is 17.7 Å². The molecular formula is C12H9F3N6OS. The van der Waals surface area contributed by atoms with Crippen LogP contribution in [0.25, 0.3) is 11.4 Å². The number of nitrogens with zero attached hydrogens (tertiary/aromatic N) is 4. The molecule has 7 nitrogen and oxygen atoms in total. The van der Waals surface area contributed by atoms with Crippen molar-refractivity contribution in [1.82, 2.24) is 25.3 Å². The number of aromatic nitrogens is 5. The summed E-state index contributed by atoms with van der Waals surface area (Å²) in [6.45, 7) is 0. The van der Waals surface area contributed by atoms with Crippen molar-refractivity contribution < 1.29 is 17.7 Å². The molecule has 0 aliphatic carbocycles. The Labute approximate surface area is 131 Å². The molecule has 0 aliphatic rings. The average Bonchev–Trinajstić information content (AvgIpc) is 3.13. The number of H-pyrrole nitrogens is 1. The van der Waals surface area contributed by atoms with Crippen LogP contribution in [0.1, 0.15) is 11.5 Å². The number of halogens is 3. The molecule has 2 heterocycles. The van der Waals surface area contributed by atoms with Crippen molar-refractivity contribution in [2.24, 2.45) is 0 Å². The third-order valence-corrected chi connectivity index (χ3v) is 3.56. The number of rotatable bonds is 4. The maximum atomic E-state index is 12.7. The molecule has 0 atom stereocenters. The fourth-order valence-electron chi connectivity index (χ4n) is 1.71. The monoisotopic (exact) mass is 342 g/mol. The highest BCUT2D eigenvalue weighted by atomic mass is 32.2. The minimum Gasteiger partial charge on any atom is -0.368 e. The number of anilines is 1. The minimum atomic E-state index is -4.43. The largest absolute Gasteiger partial charge is 0.416 e. The van der Waals surface area contributed by atoms with E-state index < -0.39 is 11.7 Å². The SMILES string of the molecule is Nc1nc(SCc2nc(-c3cccc(C(F)(F)F)c3)no2)n[nH]1. The lowest BCUT2D eigenvalue weighted by atomic mass is 10.1. The molecule has 3 N–H and O–H groups in total. The fraction of sp³-hybridized carbons (Fsp3) is 0.167. The number of nitrogens with two attached hydrogens (primary N) is 1. The summed E-state index contributed by atoms with van der Waals surface area (Å²) < 4.78 is 43.1. The molecule has 0 saturated heterocycles. The Bertz CT molecular complexity index is 815. The Kier molecular flexibility index (Phi) is 3.94. The van der Waals surface area contributed by atoms with E-state index in [-0.39, 0.29) is 29.0 Å². The maximum absolute atomic E-state index is 12.7. The summed E-state index contributed by atoms with van der Waals surface area (Å²) in [7, 11) is 0. The summed E-state index contributed by atoms with van der Waals surface area (Å²) in [5.41, 5.74) is 4.84. The molecular weight excluding hydrogens is 333 g/mol. The summed E-state index contributed by atoms with van der Waals surface area (Å²) in [6, 6.07) is 4.72. The molecule has 0 unspecified atom stereocenters. The fourth-order valence-corrected chi connectivity index (χ4v) is 2.36. The predicted molar refractivity (Wildman–Crippen MR) is 75.1 cm³/mol. The molecule has 0 bridgehead atoms. The second-order valence-electron chi connectivity index (χ2n) is 4.38. The van der Waals surface area contributed by atoms with Crippen molar-refractivity contribution in [3.05, 3.63) is 35.7 Å². The minimum absolute atomic E-state index is 0.0844. The maximum Gasteiger partial charge on any atom is 0.416 e. The number of benzene rings is 1. The zero-order valence-corrected chi connectivity index (χ0v) is 12.1. The van der Waals surface area contributed by atoms with E-state index in [0.29, 0.717) is 5.16 Å². The Morgan fingerprint density at radius 2 is 2.09 bits per heavy atom. The summed E-state index contributed by atoms with van der Waals surface area (Å²) >= 11 is 1.20. The van der Waals surface area contributed by atoms with Crippen LogP contribution in [-0.4, -0.2) is 25.3 Å². The molecule has 0 fully saturated rings. The van der Waals surface area contributed by atoms with Gasteiger partial charge in [-0.25, -0.2) is 5.10 Å². The van der Waals surface area contributed by atoms with Gasteiger partial charge in [0.15, 0.2) is 0 Å². The van der Waals surface area contributed by atoms with Gasteiger partial charge in [-0.05, 0) is 12.1 Å².